The molecule has 1 aromatic carbocycles. The quantitative estimate of drug-likeness (QED) is 0.592. The van der Waals surface area contributed by atoms with E-state index in [0.29, 0.717) is 16.4 Å². The number of rotatable bonds is 2. The van der Waals surface area contributed by atoms with Crippen molar-refractivity contribution in [2.45, 2.75) is 6.92 Å². The Morgan fingerprint density at radius 3 is 2.94 bits per heavy atom. The summed E-state index contributed by atoms with van der Waals surface area (Å²) in [5.74, 6) is 0.481. The lowest BCUT2D eigenvalue weighted by molar-refractivity contribution is -0.401. The highest BCUT2D eigenvalue weighted by molar-refractivity contribution is 6.31. The fourth-order valence-electron chi connectivity index (χ4n) is 1.51. The number of fused-ring (bicyclic) bond motifs is 1. The molecule has 5 heteroatoms. The molecule has 0 unspecified atom stereocenters. The smallest absolute Gasteiger partial charge is 0.238 e. The Morgan fingerprint density at radius 2 is 2.25 bits per heavy atom. The maximum Gasteiger partial charge on any atom is 0.238 e. The molecular formula is C11H8ClNO3. The molecule has 0 aliphatic rings. The molecule has 0 saturated heterocycles. The van der Waals surface area contributed by atoms with Gasteiger partial charge in [0.15, 0.2) is 0 Å². The Hall–Kier alpha value is -1.81. The lowest BCUT2D eigenvalue weighted by atomic mass is 10.1. The van der Waals surface area contributed by atoms with Crippen LogP contribution < -0.4 is 0 Å². The molecule has 2 aromatic rings. The van der Waals surface area contributed by atoms with Crippen LogP contribution in [-0.2, 0) is 0 Å². The highest BCUT2D eigenvalue weighted by atomic mass is 35.5. The standard InChI is InChI=1S/C11H8ClNO3/c1-7-9-3-2-8(12)6-11(9)16-10(7)4-5-13(14)15/h2-6H,1H3/b5-4+. The summed E-state index contributed by atoms with van der Waals surface area (Å²) in [6.45, 7) is 1.85. The van der Waals surface area contributed by atoms with E-state index in [1.54, 1.807) is 12.1 Å². The molecule has 0 amide bonds. The van der Waals surface area contributed by atoms with Crippen molar-refractivity contribution in [3.05, 3.63) is 50.9 Å². The van der Waals surface area contributed by atoms with Gasteiger partial charge >= 0.3 is 0 Å². The zero-order chi connectivity index (χ0) is 11.7. The maximum atomic E-state index is 10.2. The van der Waals surface area contributed by atoms with Gasteiger partial charge in [0.1, 0.15) is 11.3 Å². The van der Waals surface area contributed by atoms with Crippen molar-refractivity contribution in [2.75, 3.05) is 0 Å². The van der Waals surface area contributed by atoms with E-state index in [2.05, 4.69) is 0 Å². The van der Waals surface area contributed by atoms with E-state index in [0.717, 1.165) is 17.1 Å². The normalized spacial score (nSPS) is 11.4. The Balaban J connectivity index is 2.55. The second-order valence-electron chi connectivity index (χ2n) is 3.33. The fourth-order valence-corrected chi connectivity index (χ4v) is 1.67. The van der Waals surface area contributed by atoms with Gasteiger partial charge in [0.25, 0.3) is 0 Å². The van der Waals surface area contributed by atoms with Crippen LogP contribution in [0.15, 0.2) is 28.8 Å². The number of nitro groups is 1. The predicted octanol–water partition coefficient (Wildman–Crippen LogP) is 3.64. The van der Waals surface area contributed by atoms with Crippen LogP contribution in [-0.4, -0.2) is 4.92 Å². The zero-order valence-corrected chi connectivity index (χ0v) is 9.19. The second kappa shape index (κ2) is 3.98. The van der Waals surface area contributed by atoms with Crippen LogP contribution in [0, 0.1) is 17.0 Å². The summed E-state index contributed by atoms with van der Waals surface area (Å²) >= 11 is 5.82. The Kier molecular flexibility index (Phi) is 2.66. The minimum atomic E-state index is -0.528. The van der Waals surface area contributed by atoms with E-state index in [9.17, 15) is 10.1 Å². The van der Waals surface area contributed by atoms with Gasteiger partial charge in [-0.3, -0.25) is 10.1 Å². The highest BCUT2D eigenvalue weighted by Crippen LogP contribution is 2.28. The number of hydrogen-bond acceptors (Lipinski definition) is 3. The van der Waals surface area contributed by atoms with E-state index in [1.807, 2.05) is 13.0 Å². The Morgan fingerprint density at radius 1 is 1.50 bits per heavy atom. The third kappa shape index (κ3) is 1.92. The van der Waals surface area contributed by atoms with E-state index in [1.165, 1.54) is 6.08 Å². The van der Waals surface area contributed by atoms with Crippen molar-refractivity contribution < 1.29 is 9.34 Å². The number of halogens is 1. The molecular weight excluding hydrogens is 230 g/mol. The monoisotopic (exact) mass is 237 g/mol. The second-order valence-corrected chi connectivity index (χ2v) is 3.77. The first-order valence-corrected chi connectivity index (χ1v) is 4.96. The van der Waals surface area contributed by atoms with Gasteiger partial charge in [0.2, 0.25) is 6.20 Å². The number of hydrogen-bond donors (Lipinski definition) is 0. The van der Waals surface area contributed by atoms with Crippen LogP contribution in [0.4, 0.5) is 0 Å². The van der Waals surface area contributed by atoms with Crippen LogP contribution in [0.25, 0.3) is 17.0 Å². The summed E-state index contributed by atoms with van der Waals surface area (Å²) in [6, 6.07) is 5.28. The average molecular weight is 238 g/mol. The maximum absolute atomic E-state index is 10.2. The molecule has 82 valence electrons. The number of furan rings is 1. The van der Waals surface area contributed by atoms with Crippen molar-refractivity contribution in [1.29, 1.82) is 0 Å². The SMILES string of the molecule is Cc1c(/C=C/[N+](=O)[O-])oc2cc(Cl)ccc12. The lowest BCUT2D eigenvalue weighted by Gasteiger charge is -1.89. The van der Waals surface area contributed by atoms with E-state index >= 15 is 0 Å². The van der Waals surface area contributed by atoms with E-state index in [4.69, 9.17) is 16.0 Å². The summed E-state index contributed by atoms with van der Waals surface area (Å²) in [5.41, 5.74) is 1.50. The van der Waals surface area contributed by atoms with Gasteiger partial charge in [0.05, 0.1) is 11.0 Å². The molecule has 16 heavy (non-hydrogen) atoms. The van der Waals surface area contributed by atoms with Crippen molar-refractivity contribution in [3.8, 4) is 0 Å². The molecule has 1 heterocycles. The van der Waals surface area contributed by atoms with Gasteiger partial charge in [-0.1, -0.05) is 11.6 Å². The van der Waals surface area contributed by atoms with Gasteiger partial charge in [-0.2, -0.15) is 0 Å². The van der Waals surface area contributed by atoms with Gasteiger partial charge in [0, 0.05) is 22.0 Å². The summed E-state index contributed by atoms with van der Waals surface area (Å²) in [4.78, 5) is 9.68. The van der Waals surface area contributed by atoms with Crippen LogP contribution in [0.5, 0.6) is 0 Å². The molecule has 0 radical (unpaired) electrons. The molecule has 0 N–H and O–H groups in total. The number of aryl methyl sites for hydroxylation is 1. The Labute approximate surface area is 96.3 Å². The minimum absolute atomic E-state index is 0.481. The van der Waals surface area contributed by atoms with Crippen molar-refractivity contribution in [3.63, 3.8) is 0 Å². The van der Waals surface area contributed by atoms with Crippen molar-refractivity contribution in [2.24, 2.45) is 0 Å². The van der Waals surface area contributed by atoms with Gasteiger partial charge in [-0.05, 0) is 19.1 Å². The molecule has 0 spiro atoms. The topological polar surface area (TPSA) is 56.3 Å². The van der Waals surface area contributed by atoms with Crippen LogP contribution in [0.1, 0.15) is 11.3 Å². The molecule has 2 rings (SSSR count). The van der Waals surface area contributed by atoms with Crippen LogP contribution in [0.3, 0.4) is 0 Å². The molecule has 0 fully saturated rings. The molecule has 0 aliphatic carbocycles. The summed E-state index contributed by atoms with van der Waals surface area (Å²) in [5, 5.41) is 11.7. The Bertz CT molecular complexity index is 586. The first-order chi connectivity index (χ1) is 7.58. The van der Waals surface area contributed by atoms with Crippen molar-refractivity contribution >= 4 is 28.6 Å². The third-order valence-corrected chi connectivity index (χ3v) is 2.52. The summed E-state index contributed by atoms with van der Waals surface area (Å²) in [6.07, 6.45) is 2.19. The van der Waals surface area contributed by atoms with Crippen LogP contribution >= 0.6 is 11.6 Å². The molecule has 0 bridgehead atoms. The van der Waals surface area contributed by atoms with E-state index < -0.39 is 4.92 Å². The molecule has 0 atom stereocenters. The van der Waals surface area contributed by atoms with E-state index in [-0.39, 0.29) is 0 Å². The first-order valence-electron chi connectivity index (χ1n) is 4.58. The number of benzene rings is 1. The zero-order valence-electron chi connectivity index (χ0n) is 8.44. The molecule has 0 saturated carbocycles. The molecule has 1 aromatic heterocycles. The number of nitrogens with zero attached hydrogens (tertiary/aromatic N) is 1. The third-order valence-electron chi connectivity index (χ3n) is 2.28. The first kappa shape index (κ1) is 10.7. The van der Waals surface area contributed by atoms with Gasteiger partial charge < -0.3 is 4.42 Å². The predicted molar refractivity (Wildman–Crippen MR) is 62.0 cm³/mol. The van der Waals surface area contributed by atoms with Crippen molar-refractivity contribution in [1.82, 2.24) is 0 Å². The van der Waals surface area contributed by atoms with Crippen LogP contribution in [0.2, 0.25) is 5.02 Å². The average Bonchev–Trinajstić information content (AvgIpc) is 2.52. The summed E-state index contributed by atoms with van der Waals surface area (Å²) < 4.78 is 5.45. The van der Waals surface area contributed by atoms with Gasteiger partial charge in [-0.15, -0.1) is 0 Å². The highest BCUT2D eigenvalue weighted by Gasteiger charge is 2.09. The lowest BCUT2D eigenvalue weighted by Crippen LogP contribution is -1.82. The van der Waals surface area contributed by atoms with Gasteiger partial charge in [-0.25, -0.2) is 0 Å². The largest absolute Gasteiger partial charge is 0.456 e. The fraction of sp³-hybridized carbons (Fsp3) is 0.0909. The minimum Gasteiger partial charge on any atom is -0.456 e. The summed E-state index contributed by atoms with van der Waals surface area (Å²) in [7, 11) is 0. The molecule has 4 nitrogen and oxygen atoms in total. The molecule has 0 aliphatic heterocycles.